The van der Waals surface area contributed by atoms with E-state index in [0.29, 0.717) is 11.6 Å². The number of rotatable bonds is 6. The number of nitrogens with one attached hydrogen (secondary N) is 2. The number of hydrogen-bond donors (Lipinski definition) is 2. The van der Waals surface area contributed by atoms with E-state index in [9.17, 15) is 4.79 Å². The van der Waals surface area contributed by atoms with Gasteiger partial charge in [-0.05, 0) is 37.8 Å². The molecule has 18 heavy (non-hydrogen) atoms. The summed E-state index contributed by atoms with van der Waals surface area (Å²) in [7, 11) is 1.82. The minimum absolute atomic E-state index is 0.108. The minimum Gasteiger partial charge on any atom is -0.388 e. The summed E-state index contributed by atoms with van der Waals surface area (Å²) < 4.78 is 0. The van der Waals surface area contributed by atoms with Gasteiger partial charge in [-0.2, -0.15) is 0 Å². The zero-order valence-corrected chi connectivity index (χ0v) is 11.7. The van der Waals surface area contributed by atoms with Crippen LogP contribution >= 0.6 is 0 Å². The third kappa shape index (κ3) is 4.73. The van der Waals surface area contributed by atoms with Crippen LogP contribution in [0.25, 0.3) is 0 Å². The van der Waals surface area contributed by atoms with E-state index >= 15 is 0 Å². The van der Waals surface area contributed by atoms with Crippen molar-refractivity contribution in [1.29, 1.82) is 0 Å². The van der Waals surface area contributed by atoms with Gasteiger partial charge >= 0.3 is 0 Å². The van der Waals surface area contributed by atoms with E-state index in [4.69, 9.17) is 0 Å². The first-order chi connectivity index (χ1) is 8.52. The van der Waals surface area contributed by atoms with Gasteiger partial charge in [0, 0.05) is 25.0 Å². The van der Waals surface area contributed by atoms with Crippen LogP contribution in [0.2, 0.25) is 0 Å². The zero-order chi connectivity index (χ0) is 13.5. The van der Waals surface area contributed by atoms with Gasteiger partial charge in [-0.15, -0.1) is 0 Å². The molecule has 0 bridgehead atoms. The summed E-state index contributed by atoms with van der Waals surface area (Å²) in [5.41, 5.74) is 1.35. The number of aromatic nitrogens is 1. The molecular weight excluding hydrogens is 226 g/mol. The van der Waals surface area contributed by atoms with Gasteiger partial charge in [-0.25, -0.2) is 0 Å². The number of pyridine rings is 1. The fraction of sp³-hybridized carbons (Fsp3) is 0.571. The van der Waals surface area contributed by atoms with Crippen molar-refractivity contribution in [3.05, 3.63) is 24.0 Å². The monoisotopic (exact) mass is 249 g/mol. The summed E-state index contributed by atoms with van der Waals surface area (Å²) >= 11 is 0. The van der Waals surface area contributed by atoms with E-state index in [1.165, 1.54) is 0 Å². The van der Waals surface area contributed by atoms with E-state index in [-0.39, 0.29) is 11.9 Å². The molecule has 1 rings (SSSR count). The molecule has 1 aromatic rings. The predicted octanol–water partition coefficient (Wildman–Crippen LogP) is 2.68. The SMILES string of the molecule is CNc1ccnc(C(=O)NC(C)CCC(C)C)c1. The molecule has 1 atom stereocenters. The Kier molecular flexibility index (Phi) is 5.62. The van der Waals surface area contributed by atoms with Crippen molar-refractivity contribution in [2.75, 3.05) is 12.4 Å². The Balaban J connectivity index is 2.53. The third-order valence-electron chi connectivity index (χ3n) is 2.84. The van der Waals surface area contributed by atoms with Crippen LogP contribution in [0.3, 0.4) is 0 Å². The Morgan fingerprint density at radius 2 is 2.06 bits per heavy atom. The molecule has 4 heteroatoms. The smallest absolute Gasteiger partial charge is 0.270 e. The molecule has 2 N–H and O–H groups in total. The lowest BCUT2D eigenvalue weighted by Crippen LogP contribution is -2.33. The van der Waals surface area contributed by atoms with Crippen LogP contribution in [0, 0.1) is 5.92 Å². The van der Waals surface area contributed by atoms with Crippen LogP contribution in [0.1, 0.15) is 44.1 Å². The van der Waals surface area contributed by atoms with E-state index in [2.05, 4.69) is 29.5 Å². The summed E-state index contributed by atoms with van der Waals surface area (Å²) in [6.45, 7) is 6.40. The van der Waals surface area contributed by atoms with E-state index in [0.717, 1.165) is 18.5 Å². The predicted molar refractivity (Wildman–Crippen MR) is 74.8 cm³/mol. The van der Waals surface area contributed by atoms with Crippen LogP contribution < -0.4 is 10.6 Å². The highest BCUT2D eigenvalue weighted by Gasteiger charge is 2.11. The first kappa shape index (κ1) is 14.5. The second kappa shape index (κ2) is 6.99. The largest absolute Gasteiger partial charge is 0.388 e. The summed E-state index contributed by atoms with van der Waals surface area (Å²) in [6.07, 6.45) is 3.75. The highest BCUT2D eigenvalue weighted by molar-refractivity contribution is 5.93. The standard InChI is InChI=1S/C14H23N3O/c1-10(2)5-6-11(3)17-14(18)13-9-12(15-4)7-8-16-13/h7-11H,5-6H2,1-4H3,(H,15,16)(H,17,18). The van der Waals surface area contributed by atoms with Crippen LogP contribution in [0.15, 0.2) is 18.3 Å². The Bertz CT molecular complexity index is 390. The highest BCUT2D eigenvalue weighted by atomic mass is 16.1. The van der Waals surface area contributed by atoms with Gasteiger partial charge in [0.15, 0.2) is 0 Å². The van der Waals surface area contributed by atoms with Gasteiger partial charge in [0.1, 0.15) is 5.69 Å². The summed E-state index contributed by atoms with van der Waals surface area (Å²) in [5, 5.41) is 5.97. The van der Waals surface area contributed by atoms with Crippen molar-refractivity contribution in [2.24, 2.45) is 5.92 Å². The Morgan fingerprint density at radius 1 is 1.33 bits per heavy atom. The first-order valence-electron chi connectivity index (χ1n) is 6.47. The topological polar surface area (TPSA) is 54.0 Å². The minimum atomic E-state index is -0.108. The fourth-order valence-corrected chi connectivity index (χ4v) is 1.66. The molecule has 1 aromatic heterocycles. The van der Waals surface area contributed by atoms with Gasteiger partial charge < -0.3 is 10.6 Å². The van der Waals surface area contributed by atoms with Gasteiger partial charge in [0.2, 0.25) is 0 Å². The quantitative estimate of drug-likeness (QED) is 0.815. The lowest BCUT2D eigenvalue weighted by molar-refractivity contribution is 0.0932. The Labute approximate surface area is 109 Å². The van der Waals surface area contributed by atoms with Crippen molar-refractivity contribution in [2.45, 2.75) is 39.7 Å². The van der Waals surface area contributed by atoms with E-state index in [1.807, 2.05) is 20.0 Å². The summed E-state index contributed by atoms with van der Waals surface area (Å²) in [4.78, 5) is 16.1. The molecular formula is C14H23N3O. The number of anilines is 1. The molecule has 1 unspecified atom stereocenters. The molecule has 0 fully saturated rings. The Hall–Kier alpha value is -1.58. The van der Waals surface area contributed by atoms with Crippen molar-refractivity contribution in [3.8, 4) is 0 Å². The van der Waals surface area contributed by atoms with Crippen molar-refractivity contribution in [3.63, 3.8) is 0 Å². The maximum atomic E-state index is 12.0. The van der Waals surface area contributed by atoms with Crippen molar-refractivity contribution in [1.82, 2.24) is 10.3 Å². The molecule has 0 saturated heterocycles. The second-order valence-electron chi connectivity index (χ2n) is 5.03. The highest BCUT2D eigenvalue weighted by Crippen LogP contribution is 2.09. The molecule has 4 nitrogen and oxygen atoms in total. The van der Waals surface area contributed by atoms with Gasteiger partial charge in [0.05, 0.1) is 0 Å². The normalized spacial score (nSPS) is 12.3. The number of nitrogens with zero attached hydrogens (tertiary/aromatic N) is 1. The van der Waals surface area contributed by atoms with E-state index in [1.54, 1.807) is 12.3 Å². The first-order valence-corrected chi connectivity index (χ1v) is 6.47. The van der Waals surface area contributed by atoms with Gasteiger partial charge in [-0.1, -0.05) is 13.8 Å². The van der Waals surface area contributed by atoms with Crippen LogP contribution in [-0.4, -0.2) is 24.0 Å². The molecule has 0 aliphatic heterocycles. The number of carbonyl (C=O) groups is 1. The molecule has 0 aliphatic rings. The molecule has 100 valence electrons. The molecule has 0 spiro atoms. The zero-order valence-electron chi connectivity index (χ0n) is 11.7. The van der Waals surface area contributed by atoms with Crippen molar-refractivity contribution < 1.29 is 4.79 Å². The second-order valence-corrected chi connectivity index (χ2v) is 5.03. The molecule has 0 aromatic carbocycles. The maximum Gasteiger partial charge on any atom is 0.270 e. The van der Waals surface area contributed by atoms with Crippen LogP contribution in [-0.2, 0) is 0 Å². The lowest BCUT2D eigenvalue weighted by atomic mass is 10.0. The number of amides is 1. The number of hydrogen-bond acceptors (Lipinski definition) is 3. The molecule has 0 aliphatic carbocycles. The lowest BCUT2D eigenvalue weighted by Gasteiger charge is -2.15. The van der Waals surface area contributed by atoms with Gasteiger partial charge in [-0.3, -0.25) is 9.78 Å². The van der Waals surface area contributed by atoms with Crippen LogP contribution in [0.5, 0.6) is 0 Å². The molecule has 0 saturated carbocycles. The maximum absolute atomic E-state index is 12.0. The Morgan fingerprint density at radius 3 is 2.67 bits per heavy atom. The molecule has 1 heterocycles. The van der Waals surface area contributed by atoms with Crippen molar-refractivity contribution >= 4 is 11.6 Å². The fourth-order valence-electron chi connectivity index (χ4n) is 1.66. The number of carbonyl (C=O) groups excluding carboxylic acids is 1. The van der Waals surface area contributed by atoms with Crippen LogP contribution in [0.4, 0.5) is 5.69 Å². The summed E-state index contributed by atoms with van der Waals surface area (Å²) in [5.74, 6) is 0.554. The average Bonchev–Trinajstić information content (AvgIpc) is 2.36. The summed E-state index contributed by atoms with van der Waals surface area (Å²) in [6, 6.07) is 3.77. The molecule has 0 radical (unpaired) electrons. The van der Waals surface area contributed by atoms with Gasteiger partial charge in [0.25, 0.3) is 5.91 Å². The third-order valence-corrected chi connectivity index (χ3v) is 2.84. The van der Waals surface area contributed by atoms with E-state index < -0.39 is 0 Å². The average molecular weight is 249 g/mol. The molecule has 1 amide bonds.